The van der Waals surface area contributed by atoms with Crippen LogP contribution in [0.3, 0.4) is 0 Å². The predicted molar refractivity (Wildman–Crippen MR) is 115 cm³/mol. The lowest BCUT2D eigenvalue weighted by Crippen LogP contribution is -2.48. The highest BCUT2D eigenvalue weighted by Gasteiger charge is 2.27. The SMILES string of the molecule is COc1cccc(NC(=O)C[C@H](CN2CCN(Cc3c(C)noc3C)CC2)C(=O)O)c1. The Hall–Kier alpha value is -2.91. The number of carbonyl (C=O) groups excluding carboxylic acids is 1. The molecule has 9 heteroatoms. The number of nitrogens with one attached hydrogen (secondary N) is 1. The van der Waals surface area contributed by atoms with Gasteiger partial charge >= 0.3 is 5.97 Å². The molecule has 31 heavy (non-hydrogen) atoms. The molecule has 0 saturated carbocycles. The maximum atomic E-state index is 12.4. The van der Waals surface area contributed by atoms with E-state index >= 15 is 0 Å². The maximum absolute atomic E-state index is 12.4. The van der Waals surface area contributed by atoms with E-state index in [0.717, 1.165) is 49.7 Å². The Morgan fingerprint density at radius 3 is 2.55 bits per heavy atom. The van der Waals surface area contributed by atoms with Crippen molar-refractivity contribution < 1.29 is 24.0 Å². The third kappa shape index (κ3) is 6.28. The molecule has 0 unspecified atom stereocenters. The zero-order valence-corrected chi connectivity index (χ0v) is 18.3. The van der Waals surface area contributed by atoms with Crippen molar-refractivity contribution in [3.63, 3.8) is 0 Å². The van der Waals surface area contributed by atoms with E-state index in [1.807, 2.05) is 13.8 Å². The van der Waals surface area contributed by atoms with Gasteiger partial charge in [0, 0.05) is 63.0 Å². The molecular weight excluding hydrogens is 400 g/mol. The highest BCUT2D eigenvalue weighted by atomic mass is 16.5. The number of hydrogen-bond donors (Lipinski definition) is 2. The van der Waals surface area contributed by atoms with Crippen molar-refractivity contribution in [2.75, 3.05) is 45.2 Å². The number of benzene rings is 1. The molecule has 0 bridgehead atoms. The molecule has 1 aromatic carbocycles. The summed E-state index contributed by atoms with van der Waals surface area (Å²) in [5.41, 5.74) is 2.61. The van der Waals surface area contributed by atoms with Crippen molar-refractivity contribution in [1.82, 2.24) is 15.0 Å². The van der Waals surface area contributed by atoms with Gasteiger partial charge < -0.3 is 19.7 Å². The van der Waals surface area contributed by atoms with Crippen LogP contribution in [0.5, 0.6) is 5.75 Å². The summed E-state index contributed by atoms with van der Waals surface area (Å²) in [6.45, 7) is 8.14. The molecule has 1 fully saturated rings. The first-order chi connectivity index (χ1) is 14.9. The third-order valence-electron chi connectivity index (χ3n) is 5.64. The molecule has 2 aromatic rings. The Balaban J connectivity index is 1.49. The Kier molecular flexibility index (Phi) is 7.64. The first-order valence-corrected chi connectivity index (χ1v) is 10.4. The zero-order chi connectivity index (χ0) is 22.4. The summed E-state index contributed by atoms with van der Waals surface area (Å²) in [7, 11) is 1.55. The average Bonchev–Trinajstić information content (AvgIpc) is 3.06. The maximum Gasteiger partial charge on any atom is 0.308 e. The molecule has 9 nitrogen and oxygen atoms in total. The quantitative estimate of drug-likeness (QED) is 0.623. The fourth-order valence-electron chi connectivity index (χ4n) is 3.76. The average molecular weight is 431 g/mol. The van der Waals surface area contributed by atoms with Crippen LogP contribution in [0.1, 0.15) is 23.4 Å². The number of carboxylic acids is 1. The number of anilines is 1. The van der Waals surface area contributed by atoms with E-state index < -0.39 is 11.9 Å². The molecule has 1 aliphatic rings. The molecule has 1 aromatic heterocycles. The molecule has 1 aliphatic heterocycles. The molecular formula is C22H30N4O5. The molecule has 1 saturated heterocycles. The summed E-state index contributed by atoms with van der Waals surface area (Å²) in [4.78, 5) is 28.6. The van der Waals surface area contributed by atoms with E-state index in [4.69, 9.17) is 9.26 Å². The van der Waals surface area contributed by atoms with E-state index in [0.29, 0.717) is 18.0 Å². The topological polar surface area (TPSA) is 108 Å². The Bertz CT molecular complexity index is 886. The van der Waals surface area contributed by atoms with Crippen molar-refractivity contribution in [1.29, 1.82) is 0 Å². The fourth-order valence-corrected chi connectivity index (χ4v) is 3.76. The molecule has 2 N–H and O–H groups in total. The summed E-state index contributed by atoms with van der Waals surface area (Å²) in [6, 6.07) is 6.99. The van der Waals surface area contributed by atoms with Gasteiger partial charge in [-0.25, -0.2) is 0 Å². The number of ether oxygens (including phenoxy) is 1. The van der Waals surface area contributed by atoms with E-state index in [-0.39, 0.29) is 12.3 Å². The summed E-state index contributed by atoms with van der Waals surface area (Å²) >= 11 is 0. The van der Waals surface area contributed by atoms with Crippen molar-refractivity contribution in [2.24, 2.45) is 5.92 Å². The lowest BCUT2D eigenvalue weighted by Gasteiger charge is -2.35. The molecule has 1 amide bonds. The second kappa shape index (κ2) is 10.4. The lowest BCUT2D eigenvalue weighted by molar-refractivity contribution is -0.144. The first-order valence-electron chi connectivity index (χ1n) is 10.4. The highest BCUT2D eigenvalue weighted by molar-refractivity contribution is 5.93. The fraction of sp³-hybridized carbons (Fsp3) is 0.500. The van der Waals surface area contributed by atoms with Gasteiger partial charge in [0.15, 0.2) is 0 Å². The molecule has 0 radical (unpaired) electrons. The minimum absolute atomic E-state index is 0.0775. The third-order valence-corrected chi connectivity index (χ3v) is 5.64. The van der Waals surface area contributed by atoms with Gasteiger partial charge in [-0.1, -0.05) is 11.2 Å². The standard InChI is InChI=1S/C22H30N4O5/c1-15-20(16(2)31-24-15)14-26-9-7-25(8-10-26)13-17(22(28)29)11-21(27)23-18-5-4-6-19(12-18)30-3/h4-6,12,17H,7-11,13-14H2,1-3H3,(H,23,27)(H,28,29)/t17-/m1/s1. The van der Waals surface area contributed by atoms with Crippen molar-refractivity contribution in [3.8, 4) is 5.75 Å². The first kappa shape index (κ1) is 22.8. The number of aromatic nitrogens is 1. The summed E-state index contributed by atoms with van der Waals surface area (Å²) in [5.74, 6) is -0.577. The second-order valence-corrected chi connectivity index (χ2v) is 7.90. The van der Waals surface area contributed by atoms with Crippen molar-refractivity contribution in [2.45, 2.75) is 26.8 Å². The Morgan fingerprint density at radius 2 is 1.94 bits per heavy atom. The molecule has 0 spiro atoms. The van der Waals surface area contributed by atoms with E-state index in [9.17, 15) is 14.7 Å². The molecule has 3 rings (SSSR count). The van der Waals surface area contributed by atoms with Gasteiger partial charge in [-0.05, 0) is 26.0 Å². The molecule has 1 atom stereocenters. The van der Waals surface area contributed by atoms with Crippen LogP contribution in [0.15, 0.2) is 28.8 Å². The highest BCUT2D eigenvalue weighted by Crippen LogP contribution is 2.19. The number of piperazine rings is 1. The van der Waals surface area contributed by atoms with Gasteiger partial charge in [0.1, 0.15) is 11.5 Å². The van der Waals surface area contributed by atoms with E-state index in [2.05, 4.69) is 20.3 Å². The Morgan fingerprint density at radius 1 is 1.23 bits per heavy atom. The van der Waals surface area contributed by atoms with Gasteiger partial charge in [-0.2, -0.15) is 0 Å². The number of aryl methyl sites for hydroxylation is 2. The van der Waals surface area contributed by atoms with Gasteiger partial charge in [0.05, 0.1) is 18.7 Å². The van der Waals surface area contributed by atoms with Gasteiger partial charge in [0.25, 0.3) is 0 Å². The number of aliphatic carboxylic acids is 1. The van der Waals surface area contributed by atoms with Crippen LogP contribution in [0, 0.1) is 19.8 Å². The van der Waals surface area contributed by atoms with Crippen LogP contribution in [0.25, 0.3) is 0 Å². The lowest BCUT2D eigenvalue weighted by atomic mass is 10.0. The minimum Gasteiger partial charge on any atom is -0.497 e. The minimum atomic E-state index is -0.959. The predicted octanol–water partition coefficient (Wildman–Crippen LogP) is 2.15. The number of nitrogens with zero attached hydrogens (tertiary/aromatic N) is 3. The molecule has 2 heterocycles. The Labute approximate surface area is 181 Å². The van der Waals surface area contributed by atoms with Gasteiger partial charge in [-0.15, -0.1) is 0 Å². The number of rotatable bonds is 9. The normalized spacial score (nSPS) is 16.1. The zero-order valence-electron chi connectivity index (χ0n) is 18.3. The van der Waals surface area contributed by atoms with Crippen molar-refractivity contribution >= 4 is 17.6 Å². The summed E-state index contributed by atoms with van der Waals surface area (Å²) < 4.78 is 10.4. The van der Waals surface area contributed by atoms with Crippen LogP contribution >= 0.6 is 0 Å². The van der Waals surface area contributed by atoms with Crippen LogP contribution in [0.4, 0.5) is 5.69 Å². The number of carboxylic acid groups (broad SMARTS) is 1. The van der Waals surface area contributed by atoms with Gasteiger partial charge in [0.2, 0.25) is 5.91 Å². The van der Waals surface area contributed by atoms with E-state index in [1.54, 1.807) is 31.4 Å². The van der Waals surface area contributed by atoms with Crippen LogP contribution in [0.2, 0.25) is 0 Å². The monoisotopic (exact) mass is 430 g/mol. The van der Waals surface area contributed by atoms with Gasteiger partial charge in [-0.3, -0.25) is 19.4 Å². The molecule has 168 valence electrons. The van der Waals surface area contributed by atoms with Crippen LogP contribution in [-0.4, -0.2) is 71.8 Å². The number of hydrogen-bond acceptors (Lipinski definition) is 7. The van der Waals surface area contributed by atoms with Crippen LogP contribution in [-0.2, 0) is 16.1 Å². The molecule has 0 aliphatic carbocycles. The largest absolute Gasteiger partial charge is 0.497 e. The summed E-state index contributed by atoms with van der Waals surface area (Å²) in [5, 5.41) is 16.4. The van der Waals surface area contributed by atoms with Crippen molar-refractivity contribution in [3.05, 3.63) is 41.3 Å². The second-order valence-electron chi connectivity index (χ2n) is 7.90. The summed E-state index contributed by atoms with van der Waals surface area (Å²) in [6.07, 6.45) is -0.0775. The number of amides is 1. The number of methoxy groups -OCH3 is 1. The number of carbonyl (C=O) groups is 2. The smallest absolute Gasteiger partial charge is 0.308 e. The van der Waals surface area contributed by atoms with E-state index in [1.165, 1.54) is 0 Å². The van der Waals surface area contributed by atoms with Crippen LogP contribution < -0.4 is 10.1 Å².